The summed E-state index contributed by atoms with van der Waals surface area (Å²) in [5.74, 6) is 5.03. The molecule has 0 spiro atoms. The van der Waals surface area contributed by atoms with Crippen LogP contribution in [-0.4, -0.2) is 32.4 Å². The molecule has 18 heavy (non-hydrogen) atoms. The Morgan fingerprint density at radius 1 is 1.44 bits per heavy atom. The number of nitrogens with two attached hydrogens (primary N) is 1. The van der Waals surface area contributed by atoms with Gasteiger partial charge in [-0.1, -0.05) is 0 Å². The first-order valence-corrected chi connectivity index (χ1v) is 6.55. The SMILES string of the molecule is CNC(=O)C(C)NS(=O)(=O)c1ccc(NN)nc1. The molecule has 1 unspecified atom stereocenters. The molecular formula is C9H15N5O3S. The molecule has 1 atom stereocenters. The summed E-state index contributed by atoms with van der Waals surface area (Å²) in [4.78, 5) is 15.0. The van der Waals surface area contributed by atoms with E-state index in [9.17, 15) is 13.2 Å². The van der Waals surface area contributed by atoms with Crippen LogP contribution in [0.5, 0.6) is 0 Å². The van der Waals surface area contributed by atoms with Gasteiger partial charge in [-0.25, -0.2) is 19.2 Å². The van der Waals surface area contributed by atoms with E-state index in [1.54, 1.807) is 0 Å². The molecule has 8 nitrogen and oxygen atoms in total. The largest absolute Gasteiger partial charge is 0.358 e. The molecule has 0 aliphatic heterocycles. The van der Waals surface area contributed by atoms with E-state index in [4.69, 9.17) is 5.84 Å². The van der Waals surface area contributed by atoms with Crippen LogP contribution in [0.2, 0.25) is 0 Å². The quantitative estimate of drug-likeness (QED) is 0.393. The van der Waals surface area contributed by atoms with Gasteiger partial charge in [0.05, 0.1) is 6.04 Å². The van der Waals surface area contributed by atoms with Crippen LogP contribution in [0.3, 0.4) is 0 Å². The third-order valence-corrected chi connectivity index (χ3v) is 3.69. The van der Waals surface area contributed by atoms with Crippen LogP contribution in [0.25, 0.3) is 0 Å². The fourth-order valence-corrected chi connectivity index (χ4v) is 2.34. The van der Waals surface area contributed by atoms with E-state index in [1.807, 2.05) is 0 Å². The molecule has 1 amide bonds. The molecule has 1 heterocycles. The summed E-state index contributed by atoms with van der Waals surface area (Å²) in [6, 6.07) is 1.88. The average Bonchev–Trinajstić information content (AvgIpc) is 2.37. The van der Waals surface area contributed by atoms with Crippen LogP contribution in [-0.2, 0) is 14.8 Å². The number of nitrogen functional groups attached to an aromatic ring is 1. The number of aromatic nitrogens is 1. The van der Waals surface area contributed by atoms with E-state index in [2.05, 4.69) is 20.4 Å². The third kappa shape index (κ3) is 3.39. The van der Waals surface area contributed by atoms with Crippen molar-refractivity contribution in [1.29, 1.82) is 0 Å². The summed E-state index contributed by atoms with van der Waals surface area (Å²) in [6.45, 7) is 1.44. The Kier molecular flexibility index (Phi) is 4.59. The van der Waals surface area contributed by atoms with Crippen molar-refractivity contribution < 1.29 is 13.2 Å². The van der Waals surface area contributed by atoms with Crippen LogP contribution in [0.1, 0.15) is 6.92 Å². The number of sulfonamides is 1. The molecular weight excluding hydrogens is 258 g/mol. The van der Waals surface area contributed by atoms with Crippen LogP contribution < -0.4 is 21.3 Å². The number of carbonyl (C=O) groups excluding carboxylic acids is 1. The van der Waals surface area contributed by atoms with Crippen molar-refractivity contribution in [1.82, 2.24) is 15.0 Å². The Morgan fingerprint density at radius 3 is 2.56 bits per heavy atom. The van der Waals surface area contributed by atoms with Crippen molar-refractivity contribution in [3.63, 3.8) is 0 Å². The molecule has 0 saturated carbocycles. The number of nitrogens with one attached hydrogen (secondary N) is 3. The number of likely N-dealkylation sites (N-methyl/N-ethyl adjacent to an activating group) is 1. The van der Waals surface area contributed by atoms with E-state index < -0.39 is 22.0 Å². The highest BCUT2D eigenvalue weighted by Crippen LogP contribution is 2.10. The van der Waals surface area contributed by atoms with Crippen molar-refractivity contribution >= 4 is 21.7 Å². The van der Waals surface area contributed by atoms with E-state index >= 15 is 0 Å². The molecule has 1 aromatic heterocycles. The summed E-state index contributed by atoms with van der Waals surface area (Å²) in [5, 5.41) is 2.35. The minimum atomic E-state index is -3.78. The van der Waals surface area contributed by atoms with E-state index in [0.29, 0.717) is 5.82 Å². The van der Waals surface area contributed by atoms with Crippen molar-refractivity contribution in [3.05, 3.63) is 18.3 Å². The maximum Gasteiger partial charge on any atom is 0.242 e. The Morgan fingerprint density at radius 2 is 2.11 bits per heavy atom. The topological polar surface area (TPSA) is 126 Å². The molecule has 0 aliphatic rings. The lowest BCUT2D eigenvalue weighted by Gasteiger charge is -2.12. The minimum Gasteiger partial charge on any atom is -0.358 e. The van der Waals surface area contributed by atoms with Gasteiger partial charge in [0.15, 0.2) is 0 Å². The smallest absolute Gasteiger partial charge is 0.242 e. The van der Waals surface area contributed by atoms with Gasteiger partial charge in [-0.2, -0.15) is 4.72 Å². The molecule has 0 saturated heterocycles. The number of amides is 1. The Balaban J connectivity index is 2.89. The zero-order chi connectivity index (χ0) is 13.8. The number of anilines is 1. The van der Waals surface area contributed by atoms with E-state index in [1.165, 1.54) is 26.1 Å². The van der Waals surface area contributed by atoms with Gasteiger partial charge in [-0.15, -0.1) is 0 Å². The van der Waals surface area contributed by atoms with Gasteiger partial charge in [0.1, 0.15) is 10.7 Å². The first-order chi connectivity index (χ1) is 8.40. The van der Waals surface area contributed by atoms with Crippen LogP contribution in [0, 0.1) is 0 Å². The predicted octanol–water partition coefficient (Wildman–Crippen LogP) is -1.22. The molecule has 1 rings (SSSR count). The third-order valence-electron chi connectivity index (χ3n) is 2.17. The monoisotopic (exact) mass is 273 g/mol. The number of pyridine rings is 1. The predicted molar refractivity (Wildman–Crippen MR) is 65.9 cm³/mol. The number of nitrogens with zero attached hydrogens (tertiary/aromatic N) is 1. The van der Waals surface area contributed by atoms with Crippen LogP contribution in [0.15, 0.2) is 23.2 Å². The fraction of sp³-hybridized carbons (Fsp3) is 0.333. The molecule has 1 aromatic rings. The fourth-order valence-electron chi connectivity index (χ4n) is 1.20. The summed E-state index contributed by atoms with van der Waals surface area (Å²) < 4.78 is 26.0. The molecule has 0 aromatic carbocycles. The summed E-state index contributed by atoms with van der Waals surface area (Å²) in [5.41, 5.74) is 2.28. The number of hydrogen-bond donors (Lipinski definition) is 4. The van der Waals surface area contributed by atoms with Gasteiger partial charge >= 0.3 is 0 Å². The Hall–Kier alpha value is -1.71. The molecule has 0 radical (unpaired) electrons. The van der Waals surface area contributed by atoms with Gasteiger partial charge in [0.2, 0.25) is 15.9 Å². The Labute approximate surface area is 105 Å². The number of hydrazine groups is 1. The highest BCUT2D eigenvalue weighted by atomic mass is 32.2. The summed E-state index contributed by atoms with van der Waals surface area (Å²) in [7, 11) is -2.35. The standard InChI is InChI=1S/C9H15N5O3S/c1-6(9(15)11-2)14-18(16,17)7-3-4-8(13-10)12-5-7/h3-6,14H,10H2,1-2H3,(H,11,15)(H,12,13). The zero-order valence-corrected chi connectivity index (χ0v) is 10.8. The Bertz CT molecular complexity index is 514. The molecule has 100 valence electrons. The minimum absolute atomic E-state index is 0.0442. The van der Waals surface area contributed by atoms with Crippen molar-refractivity contribution in [2.24, 2.45) is 5.84 Å². The number of carbonyl (C=O) groups is 1. The highest BCUT2D eigenvalue weighted by molar-refractivity contribution is 7.89. The first kappa shape index (κ1) is 14.4. The van der Waals surface area contributed by atoms with Crippen LogP contribution in [0.4, 0.5) is 5.82 Å². The lowest BCUT2D eigenvalue weighted by molar-refractivity contribution is -0.121. The van der Waals surface area contributed by atoms with Crippen molar-refractivity contribution in [3.8, 4) is 0 Å². The van der Waals surface area contributed by atoms with Gasteiger partial charge < -0.3 is 10.7 Å². The van der Waals surface area contributed by atoms with Crippen LogP contribution >= 0.6 is 0 Å². The second-order valence-electron chi connectivity index (χ2n) is 3.48. The van der Waals surface area contributed by atoms with Gasteiger partial charge in [0.25, 0.3) is 0 Å². The highest BCUT2D eigenvalue weighted by Gasteiger charge is 2.21. The molecule has 5 N–H and O–H groups in total. The maximum atomic E-state index is 11.9. The maximum absolute atomic E-state index is 11.9. The summed E-state index contributed by atoms with van der Waals surface area (Å²) in [6.07, 6.45) is 1.15. The second kappa shape index (κ2) is 5.76. The van der Waals surface area contributed by atoms with Crippen molar-refractivity contribution in [2.45, 2.75) is 17.9 Å². The summed E-state index contributed by atoms with van der Waals surface area (Å²) >= 11 is 0. The van der Waals surface area contributed by atoms with Gasteiger partial charge in [0, 0.05) is 13.2 Å². The number of hydrogen-bond acceptors (Lipinski definition) is 6. The second-order valence-corrected chi connectivity index (χ2v) is 5.19. The molecule has 0 aliphatic carbocycles. The molecule has 0 fully saturated rings. The zero-order valence-electron chi connectivity index (χ0n) is 9.97. The van der Waals surface area contributed by atoms with E-state index in [0.717, 1.165) is 6.20 Å². The molecule has 0 bridgehead atoms. The lowest BCUT2D eigenvalue weighted by atomic mass is 10.3. The van der Waals surface area contributed by atoms with E-state index in [-0.39, 0.29) is 4.90 Å². The molecule has 9 heteroatoms. The van der Waals surface area contributed by atoms with Crippen molar-refractivity contribution in [2.75, 3.05) is 12.5 Å². The first-order valence-electron chi connectivity index (χ1n) is 5.07. The number of rotatable bonds is 5. The van der Waals surface area contributed by atoms with Gasteiger partial charge in [-0.3, -0.25) is 4.79 Å². The average molecular weight is 273 g/mol. The van der Waals surface area contributed by atoms with Gasteiger partial charge in [-0.05, 0) is 19.1 Å². The normalized spacial score (nSPS) is 12.8. The lowest BCUT2D eigenvalue weighted by Crippen LogP contribution is -2.43.